The Balaban J connectivity index is 1.85. The third-order valence-electron chi connectivity index (χ3n) is 3.12. The number of nitrogens with one attached hydrogen (secondary N) is 1. The van der Waals surface area contributed by atoms with Crippen LogP contribution in [0.3, 0.4) is 0 Å². The first kappa shape index (κ1) is 17.1. The first-order valence-electron chi connectivity index (χ1n) is 6.80. The third kappa shape index (κ3) is 3.22. The Labute approximate surface area is 141 Å². The number of fused-ring (bicyclic) bond motifs is 1. The van der Waals surface area contributed by atoms with Crippen LogP contribution >= 0.6 is 0 Å². The molecule has 1 aromatic carbocycles. The van der Waals surface area contributed by atoms with Crippen LogP contribution in [0.2, 0.25) is 0 Å². The summed E-state index contributed by atoms with van der Waals surface area (Å²) in [5.74, 6) is -2.23. The lowest BCUT2D eigenvalue weighted by molar-refractivity contribution is -0.398. The van der Waals surface area contributed by atoms with Gasteiger partial charge < -0.3 is 5.11 Å². The van der Waals surface area contributed by atoms with E-state index in [1.807, 2.05) is 0 Å². The van der Waals surface area contributed by atoms with Crippen LogP contribution in [0.5, 0.6) is 5.75 Å². The highest BCUT2D eigenvalue weighted by Crippen LogP contribution is 2.28. The molecule has 0 bridgehead atoms. The summed E-state index contributed by atoms with van der Waals surface area (Å²) in [4.78, 5) is 9.88. The summed E-state index contributed by atoms with van der Waals surface area (Å²) >= 11 is 0. The third-order valence-corrected chi connectivity index (χ3v) is 3.12. The number of hydrogen-bond donors (Lipinski definition) is 1. The average Bonchev–Trinajstić information content (AvgIpc) is 2.99. The molecule has 0 saturated carbocycles. The Kier molecular flexibility index (Phi) is 4.11. The molecule has 1 N–H and O–H groups in total. The molecule has 0 unspecified atom stereocenters. The van der Waals surface area contributed by atoms with Gasteiger partial charge in [-0.15, -0.1) is 15.3 Å². The lowest BCUT2D eigenvalue weighted by Crippen LogP contribution is -2.13. The maximum Gasteiger partial charge on any atom is 0.453 e. The predicted octanol–water partition coefficient (Wildman–Crippen LogP) is 1.57. The Hall–Kier alpha value is -3.77. The maximum atomic E-state index is 12.8. The molecular weight excluding hydrogens is 359 g/mol. The molecule has 0 aliphatic rings. The minimum atomic E-state index is -4.74. The number of rotatable bonds is 4. The number of nitro groups is 1. The molecule has 3 aromatic rings. The van der Waals surface area contributed by atoms with Gasteiger partial charge in [-0.25, -0.2) is 0 Å². The van der Waals surface area contributed by atoms with Gasteiger partial charge in [0.25, 0.3) is 11.5 Å². The molecule has 0 aliphatic heterocycles. The summed E-state index contributed by atoms with van der Waals surface area (Å²) in [6.07, 6.45) is -3.74. The van der Waals surface area contributed by atoms with Gasteiger partial charge in [0, 0.05) is 6.07 Å². The zero-order valence-corrected chi connectivity index (χ0v) is 12.5. The monoisotopic (exact) mass is 366 g/mol. The number of para-hydroxylation sites is 1. The largest absolute Gasteiger partial charge is 0.867 e. The van der Waals surface area contributed by atoms with Crippen molar-refractivity contribution >= 4 is 23.4 Å². The van der Waals surface area contributed by atoms with Gasteiger partial charge in [-0.3, -0.25) is 15.5 Å². The minimum Gasteiger partial charge on any atom is -0.867 e. The van der Waals surface area contributed by atoms with Crippen LogP contribution in [0, 0.1) is 10.1 Å². The summed E-state index contributed by atoms with van der Waals surface area (Å²) in [6, 6.07) is 6.19. The molecule has 26 heavy (non-hydrogen) atoms. The standard InChI is InChI=1S/C13H8F3N7O3/c14-13(15,16)12-20-19-10-5-4-9(21-22(10)12)18-17-6-7-2-1-3-8(11(7)24)23(25)26/h1-6,24H,(H,18,21)/p-1/b17-6-. The van der Waals surface area contributed by atoms with E-state index in [9.17, 15) is 28.4 Å². The molecule has 0 aliphatic carbocycles. The van der Waals surface area contributed by atoms with E-state index < -0.39 is 28.4 Å². The van der Waals surface area contributed by atoms with Gasteiger partial charge in [0.1, 0.15) is 0 Å². The summed E-state index contributed by atoms with van der Waals surface area (Å²) in [5, 5.41) is 36.2. The zero-order valence-electron chi connectivity index (χ0n) is 12.5. The highest BCUT2D eigenvalue weighted by Gasteiger charge is 2.37. The number of hydrazone groups is 1. The molecule has 13 heteroatoms. The molecule has 2 heterocycles. The van der Waals surface area contributed by atoms with E-state index in [4.69, 9.17) is 0 Å². The van der Waals surface area contributed by atoms with Crippen LogP contribution in [-0.2, 0) is 6.18 Å². The van der Waals surface area contributed by atoms with Gasteiger partial charge in [-0.1, -0.05) is 12.1 Å². The SMILES string of the molecule is O=[N+]([O-])c1cccc(/C=N\Nc2ccc3nnc(C(F)(F)F)n3n2)c1[O-]. The number of nitrogens with zero attached hydrogens (tertiary/aromatic N) is 6. The summed E-state index contributed by atoms with van der Waals surface area (Å²) < 4.78 is 38.9. The molecular formula is C13H7F3N7O3-. The number of halogens is 3. The van der Waals surface area contributed by atoms with Crippen LogP contribution in [0.25, 0.3) is 5.65 Å². The van der Waals surface area contributed by atoms with Crippen molar-refractivity contribution in [3.63, 3.8) is 0 Å². The van der Waals surface area contributed by atoms with Crippen LogP contribution in [0.1, 0.15) is 11.4 Å². The smallest absolute Gasteiger partial charge is 0.453 e. The average molecular weight is 366 g/mol. The van der Waals surface area contributed by atoms with Crippen molar-refractivity contribution in [3.8, 4) is 5.75 Å². The Morgan fingerprint density at radius 1 is 1.23 bits per heavy atom. The van der Waals surface area contributed by atoms with Crippen LogP contribution in [0.15, 0.2) is 35.4 Å². The number of benzene rings is 1. The topological polar surface area (TPSA) is 134 Å². The number of aromatic nitrogens is 4. The molecule has 2 aromatic heterocycles. The van der Waals surface area contributed by atoms with Crippen molar-refractivity contribution in [2.24, 2.45) is 5.10 Å². The van der Waals surface area contributed by atoms with Gasteiger partial charge in [-0.2, -0.15) is 22.8 Å². The Bertz CT molecular complexity index is 1020. The second-order valence-corrected chi connectivity index (χ2v) is 4.83. The molecule has 0 saturated heterocycles. The molecule has 0 spiro atoms. The fourth-order valence-corrected chi connectivity index (χ4v) is 1.98. The molecule has 3 rings (SSSR count). The van der Waals surface area contributed by atoms with Crippen molar-refractivity contribution < 1.29 is 23.2 Å². The van der Waals surface area contributed by atoms with E-state index in [0.29, 0.717) is 4.52 Å². The van der Waals surface area contributed by atoms with Crippen LogP contribution in [-0.4, -0.2) is 30.9 Å². The number of nitro benzene ring substituents is 1. The zero-order chi connectivity index (χ0) is 18.9. The number of hydrogen-bond acceptors (Lipinski definition) is 8. The quantitative estimate of drug-likeness (QED) is 0.421. The fraction of sp³-hybridized carbons (Fsp3) is 0.0769. The molecule has 134 valence electrons. The molecule has 10 nitrogen and oxygen atoms in total. The van der Waals surface area contributed by atoms with E-state index in [2.05, 4.69) is 25.8 Å². The first-order chi connectivity index (χ1) is 12.3. The minimum absolute atomic E-state index is 0.0759. The van der Waals surface area contributed by atoms with Crippen molar-refractivity contribution in [3.05, 3.63) is 51.8 Å². The van der Waals surface area contributed by atoms with Crippen molar-refractivity contribution in [1.82, 2.24) is 19.8 Å². The second kappa shape index (κ2) is 6.27. The highest BCUT2D eigenvalue weighted by molar-refractivity contribution is 5.85. The van der Waals surface area contributed by atoms with E-state index in [1.165, 1.54) is 24.3 Å². The van der Waals surface area contributed by atoms with Gasteiger partial charge in [0.05, 0.1) is 11.1 Å². The Morgan fingerprint density at radius 3 is 2.69 bits per heavy atom. The van der Waals surface area contributed by atoms with E-state index in [-0.39, 0.29) is 17.0 Å². The van der Waals surface area contributed by atoms with Gasteiger partial charge >= 0.3 is 6.18 Å². The summed E-state index contributed by atoms with van der Waals surface area (Å²) in [6.45, 7) is 0. The Morgan fingerprint density at radius 2 is 2.00 bits per heavy atom. The normalized spacial score (nSPS) is 12.0. The lowest BCUT2D eigenvalue weighted by Gasteiger charge is -2.09. The molecule has 0 amide bonds. The fourth-order valence-electron chi connectivity index (χ4n) is 1.98. The highest BCUT2D eigenvalue weighted by atomic mass is 19.4. The van der Waals surface area contributed by atoms with Gasteiger partial charge in [0.15, 0.2) is 11.5 Å². The molecule has 0 atom stereocenters. The molecule has 0 fully saturated rings. The van der Waals surface area contributed by atoms with Gasteiger partial charge in [-0.05, 0) is 23.4 Å². The summed E-state index contributed by atoms with van der Waals surface area (Å²) in [7, 11) is 0. The number of alkyl halides is 3. The van der Waals surface area contributed by atoms with Crippen molar-refractivity contribution in [1.29, 1.82) is 0 Å². The van der Waals surface area contributed by atoms with Crippen LogP contribution in [0.4, 0.5) is 24.7 Å². The lowest BCUT2D eigenvalue weighted by atomic mass is 10.2. The van der Waals surface area contributed by atoms with Crippen molar-refractivity contribution in [2.45, 2.75) is 6.18 Å². The molecule has 0 radical (unpaired) electrons. The number of anilines is 1. The summed E-state index contributed by atoms with van der Waals surface area (Å²) in [5.41, 5.74) is 1.52. The second-order valence-electron chi connectivity index (χ2n) is 4.83. The first-order valence-corrected chi connectivity index (χ1v) is 6.80. The maximum absolute atomic E-state index is 12.8. The van der Waals surface area contributed by atoms with Crippen molar-refractivity contribution in [2.75, 3.05) is 5.43 Å². The van der Waals surface area contributed by atoms with E-state index in [0.717, 1.165) is 12.3 Å². The van der Waals surface area contributed by atoms with E-state index >= 15 is 0 Å². The van der Waals surface area contributed by atoms with Gasteiger partial charge in [0.2, 0.25) is 0 Å². The van der Waals surface area contributed by atoms with Crippen LogP contribution < -0.4 is 10.5 Å². The predicted molar refractivity (Wildman–Crippen MR) is 79.5 cm³/mol. The van der Waals surface area contributed by atoms with E-state index in [1.54, 1.807) is 0 Å².